The number of aromatic amines is 1. The summed E-state index contributed by atoms with van der Waals surface area (Å²) in [5, 5.41) is 8.30. The fraction of sp³-hybridized carbons (Fsp3) is 0.500. The number of benzene rings is 1. The Morgan fingerprint density at radius 1 is 1.24 bits per heavy atom. The van der Waals surface area contributed by atoms with Gasteiger partial charge in [-0.05, 0) is 56.2 Å². The third kappa shape index (κ3) is 6.16. The van der Waals surface area contributed by atoms with Crippen LogP contribution in [-0.4, -0.2) is 72.5 Å². The Hall–Kier alpha value is -3.31. The Kier molecular flexibility index (Phi) is 8.10. The Morgan fingerprint density at radius 2 is 2.11 bits per heavy atom. The van der Waals surface area contributed by atoms with Crippen LogP contribution in [0.15, 0.2) is 39.7 Å². The van der Waals surface area contributed by atoms with Gasteiger partial charge in [0.25, 0.3) is 0 Å². The second kappa shape index (κ2) is 11.8. The van der Waals surface area contributed by atoms with Crippen molar-refractivity contribution in [1.29, 1.82) is 0 Å². The number of hydrogen-bond acceptors (Lipinski definition) is 8. The lowest BCUT2D eigenvalue weighted by atomic mass is 10.0. The van der Waals surface area contributed by atoms with Crippen LogP contribution in [0.5, 0.6) is 11.5 Å². The van der Waals surface area contributed by atoms with E-state index in [-0.39, 0.29) is 5.69 Å². The van der Waals surface area contributed by atoms with Crippen LogP contribution in [0.4, 0.5) is 5.82 Å². The second-order valence-electron chi connectivity index (χ2n) is 9.41. The summed E-state index contributed by atoms with van der Waals surface area (Å²) < 4.78 is 17.1. The molecular formula is C26H34N6O4S. The number of hydrogen-bond donors (Lipinski definition) is 3. The summed E-state index contributed by atoms with van der Waals surface area (Å²) in [4.78, 5) is 23.9. The zero-order valence-corrected chi connectivity index (χ0v) is 21.9. The zero-order valence-electron chi connectivity index (χ0n) is 21.1. The monoisotopic (exact) mass is 526 g/mol. The van der Waals surface area contributed by atoms with Crippen LogP contribution in [0.25, 0.3) is 10.9 Å². The van der Waals surface area contributed by atoms with Crippen molar-refractivity contribution < 1.29 is 13.9 Å². The van der Waals surface area contributed by atoms with E-state index in [2.05, 4.69) is 30.4 Å². The van der Waals surface area contributed by atoms with Crippen LogP contribution in [-0.2, 0) is 6.54 Å². The summed E-state index contributed by atoms with van der Waals surface area (Å²) in [6, 6.07) is 8.01. The number of thiocarbonyl (C=S) groups is 1. The highest BCUT2D eigenvalue weighted by Gasteiger charge is 2.23. The van der Waals surface area contributed by atoms with E-state index < -0.39 is 0 Å². The van der Waals surface area contributed by atoms with Gasteiger partial charge in [0, 0.05) is 43.7 Å². The minimum absolute atomic E-state index is 0.386. The molecule has 2 aliphatic rings. The van der Waals surface area contributed by atoms with Crippen molar-refractivity contribution in [3.8, 4) is 11.5 Å². The maximum atomic E-state index is 12.5. The number of nitrogens with one attached hydrogen (secondary N) is 3. The number of furan rings is 1. The number of piperidine rings is 1. The Morgan fingerprint density at radius 3 is 2.84 bits per heavy atom. The molecule has 11 heteroatoms. The molecule has 0 bridgehead atoms. The highest BCUT2D eigenvalue weighted by Crippen LogP contribution is 2.35. The first-order chi connectivity index (χ1) is 18.1. The summed E-state index contributed by atoms with van der Waals surface area (Å²) in [6.45, 7) is 5.00. The molecule has 2 fully saturated rings. The normalized spacial score (nSPS) is 18.1. The van der Waals surface area contributed by atoms with Gasteiger partial charge in [0.05, 0.1) is 32.0 Å². The molecule has 2 aromatic heterocycles. The van der Waals surface area contributed by atoms with E-state index in [1.54, 1.807) is 13.4 Å². The molecule has 37 heavy (non-hydrogen) atoms. The summed E-state index contributed by atoms with van der Waals surface area (Å²) in [5.74, 6) is 2.73. The molecule has 4 heterocycles. The lowest BCUT2D eigenvalue weighted by Crippen LogP contribution is -2.52. The number of H-pyrrole nitrogens is 1. The maximum Gasteiger partial charge on any atom is 0.347 e. The van der Waals surface area contributed by atoms with Gasteiger partial charge < -0.3 is 39.3 Å². The van der Waals surface area contributed by atoms with Crippen molar-refractivity contribution in [3.05, 3.63) is 46.8 Å². The molecule has 0 saturated carbocycles. The second-order valence-corrected chi connectivity index (χ2v) is 9.80. The quantitative estimate of drug-likeness (QED) is 0.379. The molecular weight excluding hydrogens is 492 g/mol. The molecule has 0 spiro atoms. The van der Waals surface area contributed by atoms with Crippen LogP contribution in [0, 0.1) is 0 Å². The molecule has 1 aromatic carbocycles. The van der Waals surface area contributed by atoms with Gasteiger partial charge in [-0.2, -0.15) is 4.98 Å². The first-order valence-corrected chi connectivity index (χ1v) is 13.3. The van der Waals surface area contributed by atoms with Crippen LogP contribution in [0.1, 0.15) is 31.4 Å². The van der Waals surface area contributed by atoms with Crippen molar-refractivity contribution in [3.63, 3.8) is 0 Å². The van der Waals surface area contributed by atoms with E-state index in [1.807, 2.05) is 24.3 Å². The average molecular weight is 527 g/mol. The molecule has 1 unspecified atom stereocenters. The van der Waals surface area contributed by atoms with Gasteiger partial charge >= 0.3 is 5.69 Å². The summed E-state index contributed by atoms with van der Waals surface area (Å²) in [5.41, 5.74) is 0.294. The SMILES string of the molecule is COc1cc2c(N3CCN(C(=S)NCc4ccco4)CC3)nc(=O)[nH]c2cc1OCCC1CCCCN1. The van der Waals surface area contributed by atoms with Crippen LogP contribution >= 0.6 is 12.2 Å². The molecule has 0 aliphatic carbocycles. The van der Waals surface area contributed by atoms with E-state index in [0.29, 0.717) is 73.3 Å². The van der Waals surface area contributed by atoms with Gasteiger partial charge in [-0.1, -0.05) is 6.42 Å². The molecule has 3 aromatic rings. The fourth-order valence-electron chi connectivity index (χ4n) is 4.95. The Bertz CT molecular complexity index is 1250. The molecule has 0 radical (unpaired) electrons. The number of methoxy groups -OCH3 is 1. The van der Waals surface area contributed by atoms with Crippen molar-refractivity contribution in [2.75, 3.05) is 51.3 Å². The van der Waals surface area contributed by atoms with Crippen molar-refractivity contribution in [2.24, 2.45) is 0 Å². The van der Waals surface area contributed by atoms with E-state index in [9.17, 15) is 4.79 Å². The molecule has 0 amide bonds. The number of ether oxygens (including phenoxy) is 2. The number of rotatable bonds is 8. The molecule has 198 valence electrons. The van der Waals surface area contributed by atoms with Crippen LogP contribution < -0.4 is 30.7 Å². The highest BCUT2D eigenvalue weighted by atomic mass is 32.1. The smallest absolute Gasteiger partial charge is 0.347 e. The van der Waals surface area contributed by atoms with Gasteiger partial charge in [0.1, 0.15) is 11.6 Å². The zero-order chi connectivity index (χ0) is 25.6. The van der Waals surface area contributed by atoms with E-state index in [0.717, 1.165) is 24.1 Å². The van der Waals surface area contributed by atoms with Crippen molar-refractivity contribution in [2.45, 2.75) is 38.3 Å². The topological polar surface area (TPSA) is 108 Å². The van der Waals surface area contributed by atoms with Gasteiger partial charge in [0.15, 0.2) is 16.6 Å². The van der Waals surface area contributed by atoms with E-state index in [1.165, 1.54) is 19.3 Å². The van der Waals surface area contributed by atoms with Gasteiger partial charge in [0.2, 0.25) is 0 Å². The lowest BCUT2D eigenvalue weighted by Gasteiger charge is -2.37. The largest absolute Gasteiger partial charge is 0.493 e. The Balaban J connectivity index is 1.26. The average Bonchev–Trinajstić information content (AvgIpc) is 3.45. The van der Waals surface area contributed by atoms with Gasteiger partial charge in [-0.15, -0.1) is 0 Å². The number of aromatic nitrogens is 2. The summed E-state index contributed by atoms with van der Waals surface area (Å²) in [7, 11) is 1.63. The first kappa shape index (κ1) is 25.3. The fourth-order valence-corrected chi connectivity index (χ4v) is 5.21. The van der Waals surface area contributed by atoms with E-state index >= 15 is 0 Å². The summed E-state index contributed by atoms with van der Waals surface area (Å²) in [6.07, 6.45) is 6.26. The van der Waals surface area contributed by atoms with Crippen LogP contribution in [0.2, 0.25) is 0 Å². The molecule has 3 N–H and O–H groups in total. The maximum absolute atomic E-state index is 12.5. The standard InChI is InChI=1S/C26H34N6O4S/c1-34-22-15-20-21(16-23(22)36-14-7-18-5-2-3-8-27-18)29-25(33)30-24(20)31-9-11-32(12-10-31)26(37)28-17-19-6-4-13-35-19/h4,6,13,15-16,18,27H,2-3,5,7-12,14,17H2,1H3,(H,28,37)(H,29,30,33). The third-order valence-electron chi connectivity index (χ3n) is 6.99. The van der Waals surface area contributed by atoms with Crippen molar-refractivity contribution in [1.82, 2.24) is 25.5 Å². The summed E-state index contributed by atoms with van der Waals surface area (Å²) >= 11 is 5.57. The number of nitrogens with zero attached hydrogens (tertiary/aromatic N) is 3. The highest BCUT2D eigenvalue weighted by molar-refractivity contribution is 7.80. The predicted octanol–water partition coefficient (Wildman–Crippen LogP) is 2.63. The number of piperazine rings is 1. The number of fused-ring (bicyclic) bond motifs is 1. The first-order valence-electron chi connectivity index (χ1n) is 12.9. The molecule has 2 saturated heterocycles. The van der Waals surface area contributed by atoms with E-state index in [4.69, 9.17) is 26.1 Å². The Labute approximate surface area is 221 Å². The molecule has 2 aliphatic heterocycles. The van der Waals surface area contributed by atoms with Gasteiger partial charge in [-0.3, -0.25) is 0 Å². The molecule has 5 rings (SSSR count). The lowest BCUT2D eigenvalue weighted by molar-refractivity contribution is 0.257. The van der Waals surface area contributed by atoms with Gasteiger partial charge in [-0.25, -0.2) is 4.79 Å². The molecule has 10 nitrogen and oxygen atoms in total. The van der Waals surface area contributed by atoms with Crippen molar-refractivity contribution >= 4 is 34.1 Å². The minimum atomic E-state index is -0.386. The molecule has 1 atom stereocenters. The van der Waals surface area contributed by atoms with Crippen LogP contribution in [0.3, 0.4) is 0 Å². The minimum Gasteiger partial charge on any atom is -0.493 e. The number of anilines is 1. The third-order valence-corrected chi connectivity index (χ3v) is 7.39. The predicted molar refractivity (Wildman–Crippen MR) is 147 cm³/mol.